The number of benzene rings is 1. The number of aromatic amines is 1. The molecule has 3 N–H and O–H groups in total. The summed E-state index contributed by atoms with van der Waals surface area (Å²) in [5.74, 6) is -0.360. The third kappa shape index (κ3) is 5.10. The summed E-state index contributed by atoms with van der Waals surface area (Å²) in [6, 6.07) is 6.92. The molecule has 1 aliphatic carbocycles. The van der Waals surface area contributed by atoms with E-state index in [1.54, 1.807) is 34.6 Å². The van der Waals surface area contributed by atoms with Crippen LogP contribution in [0.2, 0.25) is 0 Å². The summed E-state index contributed by atoms with van der Waals surface area (Å²) in [6.07, 6.45) is 8.61. The quantitative estimate of drug-likeness (QED) is 0.486. The molecule has 3 aromatic rings. The zero-order chi connectivity index (χ0) is 24.4. The number of H-pyrrole nitrogens is 1. The number of nitrogens with zero attached hydrogens (tertiary/aromatic N) is 2. The van der Waals surface area contributed by atoms with Crippen LogP contribution >= 0.6 is 11.3 Å². The number of carbonyl (C=O) groups excluding carboxylic acids is 3. The summed E-state index contributed by atoms with van der Waals surface area (Å²) < 4.78 is 0. The van der Waals surface area contributed by atoms with Crippen molar-refractivity contribution in [2.24, 2.45) is 0 Å². The van der Waals surface area contributed by atoms with Crippen molar-refractivity contribution < 1.29 is 14.4 Å². The van der Waals surface area contributed by atoms with E-state index < -0.39 is 6.04 Å². The molecule has 8 nitrogen and oxygen atoms in total. The van der Waals surface area contributed by atoms with Gasteiger partial charge in [0.2, 0.25) is 5.91 Å². The van der Waals surface area contributed by atoms with E-state index in [9.17, 15) is 14.4 Å². The smallest absolute Gasteiger partial charge is 0.261 e. The Hall–Kier alpha value is -3.20. The summed E-state index contributed by atoms with van der Waals surface area (Å²) in [5, 5.41) is 13.8. The Balaban J connectivity index is 1.22. The maximum Gasteiger partial charge on any atom is 0.261 e. The SMILES string of the molecule is CC[C@@H](NC(=O)c1ccc2[nH]ncc2c1)C(=O)N1CCc2sc(C(=O)NC3CCCCC3)cc2C1. The van der Waals surface area contributed by atoms with Gasteiger partial charge in [0, 0.05) is 35.0 Å². The Morgan fingerprint density at radius 2 is 2.00 bits per heavy atom. The Labute approximate surface area is 208 Å². The molecule has 0 spiro atoms. The molecule has 5 rings (SSSR count). The van der Waals surface area contributed by atoms with Gasteiger partial charge in [-0.2, -0.15) is 5.10 Å². The molecule has 1 aliphatic heterocycles. The van der Waals surface area contributed by atoms with Crippen LogP contribution in [0.25, 0.3) is 10.9 Å². The number of rotatable bonds is 6. The van der Waals surface area contributed by atoms with Crippen LogP contribution in [0.5, 0.6) is 0 Å². The van der Waals surface area contributed by atoms with Crippen molar-refractivity contribution in [2.75, 3.05) is 6.54 Å². The molecule has 1 saturated carbocycles. The fourth-order valence-electron chi connectivity index (χ4n) is 5.02. The normalized spacial score (nSPS) is 17.1. The highest BCUT2D eigenvalue weighted by molar-refractivity contribution is 7.14. The lowest BCUT2D eigenvalue weighted by Gasteiger charge is -2.30. The predicted molar refractivity (Wildman–Crippen MR) is 135 cm³/mol. The van der Waals surface area contributed by atoms with E-state index in [0.29, 0.717) is 25.1 Å². The second kappa shape index (κ2) is 10.2. The highest BCUT2D eigenvalue weighted by Crippen LogP contribution is 2.29. The van der Waals surface area contributed by atoms with E-state index in [1.165, 1.54) is 24.1 Å². The van der Waals surface area contributed by atoms with Crippen molar-refractivity contribution in [3.63, 3.8) is 0 Å². The summed E-state index contributed by atoms with van der Waals surface area (Å²) >= 11 is 1.54. The number of hydrogen-bond donors (Lipinski definition) is 3. The van der Waals surface area contributed by atoms with Crippen LogP contribution in [0, 0.1) is 0 Å². The molecule has 3 heterocycles. The third-order valence-electron chi connectivity index (χ3n) is 7.06. The van der Waals surface area contributed by atoms with Crippen LogP contribution in [-0.4, -0.2) is 51.4 Å². The maximum absolute atomic E-state index is 13.3. The first-order chi connectivity index (χ1) is 17.0. The predicted octanol–water partition coefficient (Wildman–Crippen LogP) is 3.78. The van der Waals surface area contributed by atoms with Gasteiger partial charge in [-0.1, -0.05) is 26.2 Å². The number of carbonyl (C=O) groups is 3. The van der Waals surface area contributed by atoms with Crippen LogP contribution in [0.3, 0.4) is 0 Å². The van der Waals surface area contributed by atoms with Gasteiger partial charge in [0.15, 0.2) is 0 Å². The molecular formula is C26H31N5O3S. The van der Waals surface area contributed by atoms with Gasteiger partial charge in [0.25, 0.3) is 11.8 Å². The number of thiophene rings is 1. The largest absolute Gasteiger partial charge is 0.349 e. The minimum atomic E-state index is -0.600. The van der Waals surface area contributed by atoms with Crippen LogP contribution in [0.15, 0.2) is 30.5 Å². The lowest BCUT2D eigenvalue weighted by Crippen LogP contribution is -2.49. The van der Waals surface area contributed by atoms with Gasteiger partial charge in [0.05, 0.1) is 16.6 Å². The lowest BCUT2D eigenvalue weighted by molar-refractivity contribution is -0.134. The molecule has 0 unspecified atom stereocenters. The number of hydrogen-bond acceptors (Lipinski definition) is 5. The first-order valence-corrected chi connectivity index (χ1v) is 13.3. The zero-order valence-electron chi connectivity index (χ0n) is 19.9. The first-order valence-electron chi connectivity index (χ1n) is 12.5. The van der Waals surface area contributed by atoms with Gasteiger partial charge in [-0.15, -0.1) is 11.3 Å². The first kappa shape index (κ1) is 23.5. The molecule has 3 amide bonds. The van der Waals surface area contributed by atoms with Gasteiger partial charge in [-0.3, -0.25) is 19.5 Å². The average molecular weight is 494 g/mol. The summed E-state index contributed by atoms with van der Waals surface area (Å²) in [6.45, 7) is 2.95. The van der Waals surface area contributed by atoms with Gasteiger partial charge >= 0.3 is 0 Å². The van der Waals surface area contributed by atoms with Crippen molar-refractivity contribution in [3.05, 3.63) is 51.3 Å². The van der Waals surface area contributed by atoms with Crippen LogP contribution in [-0.2, 0) is 17.8 Å². The Morgan fingerprint density at radius 3 is 2.80 bits per heavy atom. The molecule has 0 bridgehead atoms. The van der Waals surface area contributed by atoms with E-state index in [2.05, 4.69) is 20.8 Å². The molecule has 2 aromatic heterocycles. The van der Waals surface area contributed by atoms with Gasteiger partial charge in [0.1, 0.15) is 6.04 Å². The molecule has 0 radical (unpaired) electrons. The molecule has 35 heavy (non-hydrogen) atoms. The number of nitrogens with one attached hydrogen (secondary N) is 3. The molecule has 9 heteroatoms. The molecule has 0 saturated heterocycles. The van der Waals surface area contributed by atoms with E-state index in [1.807, 2.05) is 19.1 Å². The minimum absolute atomic E-state index is 0.00228. The molecule has 184 valence electrons. The summed E-state index contributed by atoms with van der Waals surface area (Å²) in [4.78, 5) is 42.6. The second-order valence-corrected chi connectivity index (χ2v) is 10.6. The fraction of sp³-hybridized carbons (Fsp3) is 0.462. The number of fused-ring (bicyclic) bond motifs is 2. The van der Waals surface area contributed by atoms with E-state index in [4.69, 9.17) is 0 Å². The maximum atomic E-state index is 13.3. The molecule has 1 atom stereocenters. The molecule has 1 fully saturated rings. The fourth-order valence-corrected chi connectivity index (χ4v) is 6.09. The monoisotopic (exact) mass is 493 g/mol. The Kier molecular flexibility index (Phi) is 6.86. The minimum Gasteiger partial charge on any atom is -0.349 e. The highest BCUT2D eigenvalue weighted by atomic mass is 32.1. The molecular weight excluding hydrogens is 462 g/mol. The Morgan fingerprint density at radius 1 is 1.17 bits per heavy atom. The van der Waals surface area contributed by atoms with Gasteiger partial charge in [-0.25, -0.2) is 0 Å². The average Bonchev–Trinajstić information content (AvgIpc) is 3.53. The highest BCUT2D eigenvalue weighted by Gasteiger charge is 2.30. The van der Waals surface area contributed by atoms with Crippen LogP contribution in [0.4, 0.5) is 0 Å². The van der Waals surface area contributed by atoms with E-state index >= 15 is 0 Å². The lowest BCUT2D eigenvalue weighted by atomic mass is 9.95. The van der Waals surface area contributed by atoms with Gasteiger partial charge < -0.3 is 15.5 Å². The van der Waals surface area contributed by atoms with E-state index in [-0.39, 0.29) is 23.8 Å². The molecule has 2 aliphatic rings. The summed E-state index contributed by atoms with van der Waals surface area (Å²) in [5.41, 5.74) is 2.39. The van der Waals surface area contributed by atoms with Gasteiger partial charge in [-0.05, 0) is 55.5 Å². The van der Waals surface area contributed by atoms with Crippen LogP contribution < -0.4 is 10.6 Å². The zero-order valence-corrected chi connectivity index (χ0v) is 20.7. The van der Waals surface area contributed by atoms with Crippen molar-refractivity contribution in [3.8, 4) is 0 Å². The molecule has 1 aromatic carbocycles. The van der Waals surface area contributed by atoms with Crippen molar-refractivity contribution in [2.45, 2.75) is 70.5 Å². The van der Waals surface area contributed by atoms with Crippen molar-refractivity contribution in [1.29, 1.82) is 0 Å². The summed E-state index contributed by atoms with van der Waals surface area (Å²) in [7, 11) is 0. The third-order valence-corrected chi connectivity index (χ3v) is 8.29. The standard InChI is InChI=1S/C26H31N5O3S/c1-2-20(29-24(32)16-8-9-21-17(12-16)14-27-30-21)26(34)31-11-10-22-18(15-31)13-23(35-22)25(33)28-19-6-4-3-5-7-19/h8-9,12-14,19-20H,2-7,10-11,15H2,1H3,(H,27,30)(H,28,33)(H,29,32)/t20-/m1/s1. The topological polar surface area (TPSA) is 107 Å². The van der Waals surface area contributed by atoms with E-state index in [0.717, 1.165) is 40.6 Å². The Bertz CT molecular complexity index is 1240. The van der Waals surface area contributed by atoms with Crippen molar-refractivity contribution >= 4 is 40.0 Å². The number of aromatic nitrogens is 2. The van der Waals surface area contributed by atoms with Crippen LogP contribution in [0.1, 0.15) is 75.9 Å². The number of amides is 3. The second-order valence-electron chi connectivity index (χ2n) is 9.48. The van der Waals surface area contributed by atoms with Crippen molar-refractivity contribution in [1.82, 2.24) is 25.7 Å².